The zero-order chi connectivity index (χ0) is 20.9. The van der Waals surface area contributed by atoms with Gasteiger partial charge in [-0.1, -0.05) is 6.07 Å². The van der Waals surface area contributed by atoms with Crippen LogP contribution in [0, 0.1) is 0 Å². The average molecular weight is 407 g/mol. The number of hydrogen-bond acceptors (Lipinski definition) is 4. The van der Waals surface area contributed by atoms with Gasteiger partial charge in [-0.3, -0.25) is 4.79 Å². The second kappa shape index (κ2) is 9.00. The third kappa shape index (κ3) is 5.18. The Bertz CT molecular complexity index is 808. The number of amides is 1. The monoisotopic (exact) mass is 407 g/mol. The van der Waals surface area contributed by atoms with Gasteiger partial charge >= 0.3 is 6.18 Å². The summed E-state index contributed by atoms with van der Waals surface area (Å²) in [5, 5.41) is 3.96. The second-order valence-electron chi connectivity index (χ2n) is 5.67. The molecule has 0 saturated carbocycles. The standard InChI is InChI=1S/C17H18F5N3O3/c1-27-7-6-24(10-14(18)19)16(26)15-13(28-2)9-25(23-15)12-5-3-4-11(8-12)17(20,21)22/h3-5,8-9,14H,6-7,10H2,1-2H3. The maximum Gasteiger partial charge on any atom is 0.416 e. The predicted octanol–water partition coefficient (Wildman–Crippen LogP) is 3.25. The van der Waals surface area contributed by atoms with Gasteiger partial charge in [0.1, 0.15) is 0 Å². The minimum atomic E-state index is -4.56. The topological polar surface area (TPSA) is 56.6 Å². The first-order chi connectivity index (χ1) is 13.2. The van der Waals surface area contributed by atoms with Crippen LogP contribution in [0.1, 0.15) is 16.1 Å². The Balaban J connectivity index is 2.39. The molecular formula is C17H18F5N3O3. The van der Waals surface area contributed by atoms with Crippen LogP contribution >= 0.6 is 0 Å². The Morgan fingerprint density at radius 3 is 2.57 bits per heavy atom. The van der Waals surface area contributed by atoms with E-state index in [1.54, 1.807) is 0 Å². The van der Waals surface area contributed by atoms with Gasteiger partial charge in [0, 0.05) is 13.7 Å². The van der Waals surface area contributed by atoms with Gasteiger partial charge in [0.05, 0.1) is 37.7 Å². The number of methoxy groups -OCH3 is 2. The van der Waals surface area contributed by atoms with E-state index in [9.17, 15) is 26.7 Å². The van der Waals surface area contributed by atoms with Gasteiger partial charge in [-0.05, 0) is 18.2 Å². The summed E-state index contributed by atoms with van der Waals surface area (Å²) >= 11 is 0. The van der Waals surface area contributed by atoms with E-state index < -0.39 is 30.6 Å². The maximum atomic E-state index is 12.9. The van der Waals surface area contributed by atoms with Crippen LogP contribution in [0.4, 0.5) is 22.0 Å². The van der Waals surface area contributed by atoms with E-state index in [0.717, 1.165) is 21.7 Å². The fourth-order valence-corrected chi connectivity index (χ4v) is 2.41. The van der Waals surface area contributed by atoms with Crippen molar-refractivity contribution in [3.05, 3.63) is 41.7 Å². The van der Waals surface area contributed by atoms with E-state index in [1.165, 1.54) is 32.5 Å². The van der Waals surface area contributed by atoms with Crippen LogP contribution in [0.25, 0.3) is 5.69 Å². The van der Waals surface area contributed by atoms with Crippen LogP contribution in [0.2, 0.25) is 0 Å². The Hall–Kier alpha value is -2.69. The minimum Gasteiger partial charge on any atom is -0.493 e. The van der Waals surface area contributed by atoms with Gasteiger partial charge in [0.2, 0.25) is 0 Å². The molecule has 0 saturated heterocycles. The molecule has 0 bridgehead atoms. The van der Waals surface area contributed by atoms with Crippen LogP contribution in [0.15, 0.2) is 30.5 Å². The van der Waals surface area contributed by atoms with Crippen molar-refractivity contribution in [2.45, 2.75) is 12.6 Å². The van der Waals surface area contributed by atoms with E-state index in [-0.39, 0.29) is 30.3 Å². The highest BCUT2D eigenvalue weighted by atomic mass is 19.4. The molecule has 0 radical (unpaired) electrons. The summed E-state index contributed by atoms with van der Waals surface area (Å²) in [6.07, 6.45) is -6.13. The smallest absolute Gasteiger partial charge is 0.416 e. The molecule has 0 unspecified atom stereocenters. The molecule has 0 atom stereocenters. The van der Waals surface area contributed by atoms with Crippen molar-refractivity contribution >= 4 is 5.91 Å². The lowest BCUT2D eigenvalue weighted by atomic mass is 10.2. The summed E-state index contributed by atoms with van der Waals surface area (Å²) < 4.78 is 75.2. The van der Waals surface area contributed by atoms with Crippen molar-refractivity contribution in [3.8, 4) is 11.4 Å². The third-order valence-corrected chi connectivity index (χ3v) is 3.75. The van der Waals surface area contributed by atoms with E-state index in [1.807, 2.05) is 0 Å². The number of halogens is 5. The molecule has 1 aromatic carbocycles. The molecule has 2 rings (SSSR count). The van der Waals surface area contributed by atoms with Gasteiger partial charge in [0.15, 0.2) is 11.4 Å². The molecule has 1 amide bonds. The lowest BCUT2D eigenvalue weighted by Gasteiger charge is -2.21. The summed E-state index contributed by atoms with van der Waals surface area (Å²) in [5.41, 5.74) is -1.16. The third-order valence-electron chi connectivity index (χ3n) is 3.75. The SMILES string of the molecule is COCCN(CC(F)F)C(=O)c1nn(-c2cccc(C(F)(F)F)c2)cc1OC. The number of hydrogen-bond donors (Lipinski definition) is 0. The molecular weight excluding hydrogens is 389 g/mol. The number of carbonyl (C=O) groups excluding carboxylic acids is 1. The van der Waals surface area contributed by atoms with Crippen LogP contribution in [-0.2, 0) is 10.9 Å². The summed E-state index contributed by atoms with van der Waals surface area (Å²) in [7, 11) is 2.59. The Labute approximate surface area is 157 Å². The Morgan fingerprint density at radius 1 is 1.29 bits per heavy atom. The van der Waals surface area contributed by atoms with E-state index >= 15 is 0 Å². The summed E-state index contributed by atoms with van der Waals surface area (Å²) in [5.74, 6) is -0.904. The highest BCUT2D eigenvalue weighted by Crippen LogP contribution is 2.31. The van der Waals surface area contributed by atoms with Gasteiger partial charge in [-0.15, -0.1) is 0 Å². The van der Waals surface area contributed by atoms with Gasteiger partial charge in [0.25, 0.3) is 12.3 Å². The number of alkyl halides is 5. The van der Waals surface area contributed by atoms with Crippen molar-refractivity contribution in [2.24, 2.45) is 0 Å². The fraction of sp³-hybridized carbons (Fsp3) is 0.412. The van der Waals surface area contributed by atoms with E-state index in [4.69, 9.17) is 9.47 Å². The Morgan fingerprint density at radius 2 is 2.00 bits per heavy atom. The molecule has 154 valence electrons. The van der Waals surface area contributed by atoms with Gasteiger partial charge in [-0.2, -0.15) is 18.3 Å². The minimum absolute atomic E-state index is 0.0229. The molecule has 0 aliphatic heterocycles. The highest BCUT2D eigenvalue weighted by Gasteiger charge is 2.31. The van der Waals surface area contributed by atoms with Crippen LogP contribution in [0.5, 0.6) is 5.75 Å². The zero-order valence-electron chi connectivity index (χ0n) is 15.0. The predicted molar refractivity (Wildman–Crippen MR) is 88.9 cm³/mol. The zero-order valence-corrected chi connectivity index (χ0v) is 15.0. The van der Waals surface area contributed by atoms with E-state index in [0.29, 0.717) is 0 Å². The van der Waals surface area contributed by atoms with Gasteiger partial charge < -0.3 is 14.4 Å². The molecule has 0 N–H and O–H groups in total. The summed E-state index contributed by atoms with van der Waals surface area (Å²) in [4.78, 5) is 13.5. The first kappa shape index (κ1) is 21.6. The van der Waals surface area contributed by atoms with Crippen molar-refractivity contribution in [1.29, 1.82) is 0 Å². The first-order valence-electron chi connectivity index (χ1n) is 8.05. The molecule has 0 aliphatic carbocycles. The molecule has 0 spiro atoms. The lowest BCUT2D eigenvalue weighted by molar-refractivity contribution is -0.137. The second-order valence-corrected chi connectivity index (χ2v) is 5.67. The molecule has 2 aromatic rings. The summed E-state index contributed by atoms with van der Waals surface area (Å²) in [6, 6.07) is 4.29. The molecule has 0 aliphatic rings. The van der Waals surface area contributed by atoms with Crippen molar-refractivity contribution in [2.75, 3.05) is 33.9 Å². The van der Waals surface area contributed by atoms with Crippen molar-refractivity contribution < 1.29 is 36.2 Å². The number of benzene rings is 1. The first-order valence-corrected chi connectivity index (χ1v) is 8.05. The average Bonchev–Trinajstić information content (AvgIpc) is 3.08. The quantitative estimate of drug-likeness (QED) is 0.631. The van der Waals surface area contributed by atoms with Gasteiger partial charge in [-0.25, -0.2) is 13.5 Å². The molecule has 1 heterocycles. The number of carbonyl (C=O) groups is 1. The fourth-order valence-electron chi connectivity index (χ4n) is 2.41. The van der Waals surface area contributed by atoms with Crippen molar-refractivity contribution in [3.63, 3.8) is 0 Å². The number of rotatable bonds is 8. The number of aromatic nitrogens is 2. The lowest BCUT2D eigenvalue weighted by Crippen LogP contribution is -2.38. The summed E-state index contributed by atoms with van der Waals surface area (Å²) in [6.45, 7) is -0.934. The Kier molecular flexibility index (Phi) is 6.95. The molecule has 1 aromatic heterocycles. The molecule has 28 heavy (non-hydrogen) atoms. The van der Waals surface area contributed by atoms with Crippen LogP contribution < -0.4 is 4.74 Å². The largest absolute Gasteiger partial charge is 0.493 e. The molecule has 6 nitrogen and oxygen atoms in total. The highest BCUT2D eigenvalue weighted by molar-refractivity contribution is 5.95. The normalized spacial score (nSPS) is 11.7. The molecule has 11 heteroatoms. The van der Waals surface area contributed by atoms with E-state index in [2.05, 4.69) is 5.10 Å². The number of ether oxygens (including phenoxy) is 2. The van der Waals surface area contributed by atoms with Crippen LogP contribution in [0.3, 0.4) is 0 Å². The molecule has 0 fully saturated rings. The number of nitrogens with zero attached hydrogens (tertiary/aromatic N) is 3. The van der Waals surface area contributed by atoms with Crippen molar-refractivity contribution in [1.82, 2.24) is 14.7 Å². The maximum absolute atomic E-state index is 12.9. The van der Waals surface area contributed by atoms with Crippen LogP contribution in [-0.4, -0.2) is 60.9 Å².